The van der Waals surface area contributed by atoms with Gasteiger partial charge >= 0.3 is 0 Å². The highest BCUT2D eigenvalue weighted by Gasteiger charge is 2.11. The number of carbonyl (C=O) groups is 1. The number of hydrogen-bond acceptors (Lipinski definition) is 7. The molecule has 0 aliphatic rings. The zero-order valence-corrected chi connectivity index (χ0v) is 13.5. The van der Waals surface area contributed by atoms with E-state index < -0.39 is 0 Å². The number of hydrogen-bond donors (Lipinski definition) is 3. The Bertz CT molecular complexity index is 921. The van der Waals surface area contributed by atoms with Gasteiger partial charge in [0.2, 0.25) is 5.95 Å². The van der Waals surface area contributed by atoms with E-state index in [2.05, 4.69) is 20.3 Å². The Kier molecular flexibility index (Phi) is 3.99. The Hall–Kier alpha value is -3.22. The molecule has 0 unspecified atom stereocenters. The lowest BCUT2D eigenvalue weighted by atomic mass is 10.1. The van der Waals surface area contributed by atoms with Crippen LogP contribution in [0.5, 0.6) is 0 Å². The van der Waals surface area contributed by atoms with Crippen LogP contribution in [0.4, 0.5) is 17.5 Å². The number of pyridine rings is 1. The smallest absolute Gasteiger partial charge is 0.224 e. The molecule has 2 heterocycles. The van der Waals surface area contributed by atoms with Crippen molar-refractivity contribution in [2.75, 3.05) is 16.8 Å². The molecular formula is C17H18N6O. The summed E-state index contributed by atoms with van der Waals surface area (Å²) in [6.07, 6.45) is 1.75. The van der Waals surface area contributed by atoms with E-state index in [1.165, 1.54) is 0 Å². The minimum absolute atomic E-state index is 0.0471. The molecule has 1 aromatic carbocycles. The highest BCUT2D eigenvalue weighted by molar-refractivity contribution is 5.94. The Morgan fingerprint density at radius 1 is 1.17 bits per heavy atom. The van der Waals surface area contributed by atoms with Gasteiger partial charge in [-0.25, -0.2) is 4.98 Å². The number of benzene rings is 1. The third-order valence-corrected chi connectivity index (χ3v) is 3.91. The SMILES string of the molecule is CC(=O)c1ccc(NCc2cnc3nc(N)nc(N)c3c2C)cc1. The molecule has 0 aliphatic carbocycles. The highest BCUT2D eigenvalue weighted by atomic mass is 16.1. The summed E-state index contributed by atoms with van der Waals surface area (Å²) in [5.74, 6) is 0.490. The lowest BCUT2D eigenvalue weighted by Gasteiger charge is -2.12. The molecule has 7 nitrogen and oxygen atoms in total. The van der Waals surface area contributed by atoms with Crippen molar-refractivity contribution >= 4 is 34.3 Å². The average molecular weight is 322 g/mol. The van der Waals surface area contributed by atoms with Crippen LogP contribution in [0.2, 0.25) is 0 Å². The number of nitrogen functional groups attached to an aromatic ring is 2. The molecule has 122 valence electrons. The maximum Gasteiger partial charge on any atom is 0.224 e. The third kappa shape index (κ3) is 2.96. The van der Waals surface area contributed by atoms with Crippen LogP contribution in [0.1, 0.15) is 28.4 Å². The van der Waals surface area contributed by atoms with E-state index in [4.69, 9.17) is 11.5 Å². The zero-order valence-electron chi connectivity index (χ0n) is 13.5. The number of nitrogens with zero attached hydrogens (tertiary/aromatic N) is 3. The molecule has 0 fully saturated rings. The van der Waals surface area contributed by atoms with Gasteiger partial charge in [0, 0.05) is 24.0 Å². The molecule has 3 aromatic rings. The van der Waals surface area contributed by atoms with Crippen LogP contribution >= 0.6 is 0 Å². The van der Waals surface area contributed by atoms with Crippen molar-refractivity contribution in [1.82, 2.24) is 15.0 Å². The molecule has 0 saturated carbocycles. The van der Waals surface area contributed by atoms with Gasteiger partial charge in [-0.15, -0.1) is 0 Å². The second-order valence-corrected chi connectivity index (χ2v) is 5.56. The summed E-state index contributed by atoms with van der Waals surface area (Å²) in [7, 11) is 0. The van der Waals surface area contributed by atoms with Crippen molar-refractivity contribution in [2.24, 2.45) is 0 Å². The molecule has 0 saturated heterocycles. The fourth-order valence-electron chi connectivity index (χ4n) is 2.53. The number of rotatable bonds is 4. The van der Waals surface area contributed by atoms with Crippen molar-refractivity contribution in [3.8, 4) is 0 Å². The summed E-state index contributed by atoms with van der Waals surface area (Å²) in [4.78, 5) is 23.7. The zero-order chi connectivity index (χ0) is 17.3. The lowest BCUT2D eigenvalue weighted by Crippen LogP contribution is -2.07. The average Bonchev–Trinajstić information content (AvgIpc) is 2.54. The predicted molar refractivity (Wildman–Crippen MR) is 94.7 cm³/mol. The van der Waals surface area contributed by atoms with E-state index >= 15 is 0 Å². The molecule has 0 bridgehead atoms. The van der Waals surface area contributed by atoms with Crippen LogP contribution < -0.4 is 16.8 Å². The standard InChI is InChI=1S/C17H18N6O/c1-9-12(7-20-13-5-3-11(4-6-13)10(2)24)8-21-16-14(9)15(18)22-17(19)23-16/h3-6,8,20H,7H2,1-2H3,(H4,18,19,21,22,23). The number of fused-ring (bicyclic) bond motifs is 1. The third-order valence-electron chi connectivity index (χ3n) is 3.91. The molecule has 0 radical (unpaired) electrons. The first-order valence-electron chi connectivity index (χ1n) is 7.47. The summed E-state index contributed by atoms with van der Waals surface area (Å²) in [5.41, 5.74) is 15.6. The second kappa shape index (κ2) is 6.11. The van der Waals surface area contributed by atoms with Gasteiger partial charge in [0.15, 0.2) is 11.4 Å². The summed E-state index contributed by atoms with van der Waals surface area (Å²) in [6, 6.07) is 7.34. The van der Waals surface area contributed by atoms with Crippen molar-refractivity contribution in [3.05, 3.63) is 47.2 Å². The van der Waals surface area contributed by atoms with E-state index in [-0.39, 0.29) is 11.7 Å². The van der Waals surface area contributed by atoms with Crippen LogP contribution in [0.15, 0.2) is 30.5 Å². The molecule has 2 aromatic heterocycles. The van der Waals surface area contributed by atoms with E-state index in [9.17, 15) is 4.79 Å². The van der Waals surface area contributed by atoms with E-state index in [0.29, 0.717) is 23.6 Å². The Labute approximate surface area is 139 Å². The number of carbonyl (C=O) groups excluding carboxylic acids is 1. The first kappa shape index (κ1) is 15.7. The van der Waals surface area contributed by atoms with Crippen LogP contribution in [-0.2, 0) is 6.54 Å². The van der Waals surface area contributed by atoms with Crippen LogP contribution in [0.3, 0.4) is 0 Å². The quantitative estimate of drug-likeness (QED) is 0.630. The Morgan fingerprint density at radius 3 is 2.54 bits per heavy atom. The highest BCUT2D eigenvalue weighted by Crippen LogP contribution is 2.24. The van der Waals surface area contributed by atoms with Gasteiger partial charge in [-0.2, -0.15) is 9.97 Å². The molecule has 3 rings (SSSR count). The topological polar surface area (TPSA) is 120 Å². The molecule has 7 heteroatoms. The van der Waals surface area contributed by atoms with E-state index in [1.807, 2.05) is 19.1 Å². The summed E-state index contributed by atoms with van der Waals surface area (Å²) < 4.78 is 0. The summed E-state index contributed by atoms with van der Waals surface area (Å²) in [6.45, 7) is 4.07. The Balaban J connectivity index is 1.85. The van der Waals surface area contributed by atoms with Gasteiger partial charge in [0.25, 0.3) is 0 Å². The van der Waals surface area contributed by atoms with Gasteiger partial charge in [-0.3, -0.25) is 4.79 Å². The molecule has 0 aliphatic heterocycles. The maximum absolute atomic E-state index is 11.3. The van der Waals surface area contributed by atoms with Crippen LogP contribution in [-0.4, -0.2) is 20.7 Å². The summed E-state index contributed by atoms with van der Waals surface area (Å²) in [5, 5.41) is 4.02. The monoisotopic (exact) mass is 322 g/mol. The van der Waals surface area contributed by atoms with E-state index in [1.54, 1.807) is 25.3 Å². The normalized spacial score (nSPS) is 10.8. The van der Waals surface area contributed by atoms with Crippen molar-refractivity contribution < 1.29 is 4.79 Å². The van der Waals surface area contributed by atoms with Gasteiger partial charge in [-0.05, 0) is 49.2 Å². The number of aryl methyl sites for hydroxylation is 1. The molecule has 0 amide bonds. The van der Waals surface area contributed by atoms with Crippen LogP contribution in [0.25, 0.3) is 11.0 Å². The predicted octanol–water partition coefficient (Wildman–Crippen LogP) is 2.31. The fourth-order valence-corrected chi connectivity index (χ4v) is 2.53. The minimum atomic E-state index is 0.0471. The molecule has 0 atom stereocenters. The minimum Gasteiger partial charge on any atom is -0.383 e. The second-order valence-electron chi connectivity index (χ2n) is 5.56. The molecule has 24 heavy (non-hydrogen) atoms. The number of nitrogens with two attached hydrogens (primary N) is 2. The number of aromatic nitrogens is 3. The van der Waals surface area contributed by atoms with Gasteiger partial charge in [0.05, 0.1) is 5.39 Å². The molecule has 5 N–H and O–H groups in total. The first-order chi connectivity index (χ1) is 11.5. The van der Waals surface area contributed by atoms with Crippen molar-refractivity contribution in [3.63, 3.8) is 0 Å². The van der Waals surface area contributed by atoms with Gasteiger partial charge in [-0.1, -0.05) is 0 Å². The maximum atomic E-state index is 11.3. The van der Waals surface area contributed by atoms with Crippen molar-refractivity contribution in [2.45, 2.75) is 20.4 Å². The number of Topliss-reactive ketones (excluding diaryl/α,β-unsaturated/α-hetero) is 1. The largest absolute Gasteiger partial charge is 0.383 e. The molecule has 0 spiro atoms. The van der Waals surface area contributed by atoms with Crippen LogP contribution in [0, 0.1) is 6.92 Å². The fraction of sp³-hybridized carbons (Fsp3) is 0.176. The molecular weight excluding hydrogens is 304 g/mol. The summed E-state index contributed by atoms with van der Waals surface area (Å²) >= 11 is 0. The number of nitrogens with one attached hydrogen (secondary N) is 1. The Morgan fingerprint density at radius 2 is 1.88 bits per heavy atom. The lowest BCUT2D eigenvalue weighted by molar-refractivity contribution is 0.101. The van der Waals surface area contributed by atoms with E-state index in [0.717, 1.165) is 22.2 Å². The van der Waals surface area contributed by atoms with Gasteiger partial charge < -0.3 is 16.8 Å². The first-order valence-corrected chi connectivity index (χ1v) is 7.47. The number of ketones is 1. The number of anilines is 3. The van der Waals surface area contributed by atoms with Crippen molar-refractivity contribution in [1.29, 1.82) is 0 Å². The van der Waals surface area contributed by atoms with Gasteiger partial charge in [0.1, 0.15) is 5.82 Å².